The zero-order valence-electron chi connectivity index (χ0n) is 28.9. The van der Waals surface area contributed by atoms with Crippen molar-refractivity contribution in [3.63, 3.8) is 0 Å². The summed E-state index contributed by atoms with van der Waals surface area (Å²) >= 11 is 11.2. The summed E-state index contributed by atoms with van der Waals surface area (Å²) in [5.74, 6) is 0.801. The molecule has 3 aliphatic heterocycles. The fraction of sp³-hybridized carbons (Fsp3) is 0.370. The lowest BCUT2D eigenvalue weighted by atomic mass is 10.2. The van der Waals surface area contributed by atoms with Gasteiger partial charge in [-0.25, -0.2) is 23.4 Å². The van der Waals surface area contributed by atoms with E-state index in [0.717, 1.165) is 51.5 Å². The van der Waals surface area contributed by atoms with Gasteiger partial charge in [0.05, 0.1) is 33.2 Å². The van der Waals surface area contributed by atoms with Crippen molar-refractivity contribution in [1.29, 1.82) is 0 Å². The Hall–Kier alpha value is -1.28. The van der Waals surface area contributed by atoms with E-state index in [9.17, 15) is 32.4 Å². The zero-order chi connectivity index (χ0) is 40.8. The minimum absolute atomic E-state index is 0. The Labute approximate surface area is 368 Å². The smallest absolute Gasteiger partial charge is 0.337 e. The second kappa shape index (κ2) is 29.0. The minimum atomic E-state index is -3.39. The molecule has 0 aliphatic carbocycles. The molecule has 0 bridgehead atoms. The van der Waals surface area contributed by atoms with Gasteiger partial charge in [0, 0.05) is 61.8 Å². The van der Waals surface area contributed by atoms with E-state index in [0.29, 0.717) is 22.8 Å². The van der Waals surface area contributed by atoms with E-state index < -0.39 is 8.87 Å². The molecule has 0 saturated carbocycles. The van der Waals surface area contributed by atoms with Crippen LogP contribution >= 0.6 is 132 Å². The second-order valence-electron chi connectivity index (χ2n) is 9.27. The van der Waals surface area contributed by atoms with Gasteiger partial charge in [-0.3, -0.25) is 24.0 Å². The highest BCUT2D eigenvalue weighted by Crippen LogP contribution is 2.37. The lowest BCUT2D eigenvalue weighted by Crippen LogP contribution is -2.13. The van der Waals surface area contributed by atoms with Crippen molar-refractivity contribution in [3.8, 4) is 0 Å². The molecule has 3 aromatic rings. The van der Waals surface area contributed by atoms with Crippen molar-refractivity contribution in [2.75, 3.05) is 33.9 Å². The van der Waals surface area contributed by atoms with Crippen LogP contribution in [0.15, 0.2) is 43.9 Å². The van der Waals surface area contributed by atoms with E-state index >= 15 is 0 Å². The number of fused-ring (bicyclic) bond motifs is 1. The molecule has 15 nitrogen and oxygen atoms in total. The Balaban J connectivity index is 0.000000643. The number of aryl methyl sites for hydroxylation is 2. The largest absolute Gasteiger partial charge is 0.369 e. The number of benzene rings is 1. The quantitative estimate of drug-likeness (QED) is 0.0921. The third-order valence-electron chi connectivity index (χ3n) is 4.70. The molecule has 2 amide bonds. The summed E-state index contributed by atoms with van der Waals surface area (Å²) in [6.45, 7) is 3.78. The van der Waals surface area contributed by atoms with Gasteiger partial charge in [-0.05, 0) is 69.7 Å². The molecule has 3 aliphatic rings. The van der Waals surface area contributed by atoms with Gasteiger partial charge < -0.3 is 21.3 Å². The van der Waals surface area contributed by atoms with Crippen molar-refractivity contribution in [1.82, 2.24) is 25.5 Å². The molecule has 1 unspecified atom stereocenters. The number of amides is 2. The first-order valence-electron chi connectivity index (χ1n) is 14.2. The van der Waals surface area contributed by atoms with Crippen LogP contribution in [0.5, 0.6) is 0 Å². The fourth-order valence-electron chi connectivity index (χ4n) is 2.60. The summed E-state index contributed by atoms with van der Waals surface area (Å²) in [5, 5.41) is 6.84. The van der Waals surface area contributed by atoms with Gasteiger partial charge in [-0.2, -0.15) is 4.98 Å². The summed E-state index contributed by atoms with van der Waals surface area (Å²) in [4.78, 5) is 70.9. The standard InChI is InChI=1S/C7H4O3S2.C6H9N3S2.C4H8N2O2S2.C3H3NOS2.C3H5NOS2.C3H3NS3.CH4/c8-7-5-3-1-2-4-6(5)12(9,10)11-7;1-9(2)4-7-6-8-5(10)3-11-6;1-5-3(7)9-10-4(8)6-2;1-2-4-3(5)7-6-2;4-2-1-3(5)7-6-2;1-2-4-3(5)7-6-2;/h1-4H;4H,3H2,1-2H3;1-2H3,(H,5,7)(H,6,8);1H3;2H,1,4H2;1H3;1H4. The van der Waals surface area contributed by atoms with Gasteiger partial charge in [0.15, 0.2) is 9.12 Å². The van der Waals surface area contributed by atoms with E-state index in [1.54, 1.807) is 50.9 Å². The maximum Gasteiger partial charge on any atom is 0.337 e. The fourth-order valence-corrected chi connectivity index (χ4v) is 12.8. The van der Waals surface area contributed by atoms with Crippen LogP contribution in [-0.4, -0.2) is 99.8 Å². The number of rotatable bonds is 1. The average molecular weight is 1000 g/mol. The highest BCUT2D eigenvalue weighted by Gasteiger charge is 2.33. The van der Waals surface area contributed by atoms with E-state index in [4.69, 9.17) is 30.2 Å². The lowest BCUT2D eigenvalue weighted by Gasteiger charge is -2.00. The van der Waals surface area contributed by atoms with Gasteiger partial charge in [-0.15, -0.1) is 0 Å². The van der Waals surface area contributed by atoms with Crippen molar-refractivity contribution >= 4 is 178 Å². The molecule has 28 heteroatoms. The first kappa shape index (κ1) is 53.7. The highest BCUT2D eigenvalue weighted by atomic mass is 33.1. The Morgan fingerprint density at radius 1 is 0.982 bits per heavy atom. The van der Waals surface area contributed by atoms with Crippen LogP contribution in [0.4, 0.5) is 9.59 Å². The minimum Gasteiger partial charge on any atom is -0.369 e. The number of nitrogens with zero attached hydrogens (tertiary/aromatic N) is 5. The van der Waals surface area contributed by atoms with Gasteiger partial charge in [-0.1, -0.05) is 75.0 Å². The Kier molecular flexibility index (Phi) is 28.3. The predicted molar refractivity (Wildman–Crippen MR) is 250 cm³/mol. The molecular formula is C27H36N8O7S13. The molecule has 55 heavy (non-hydrogen) atoms. The van der Waals surface area contributed by atoms with Crippen LogP contribution in [-0.2, 0) is 13.7 Å². The van der Waals surface area contributed by atoms with E-state index in [1.807, 2.05) is 32.8 Å². The number of amidine groups is 1. The molecule has 1 aromatic carbocycles. The third-order valence-corrected chi connectivity index (χ3v) is 18.3. The normalized spacial score (nSPS) is 15.7. The number of hydrogen-bond donors (Lipinski definition) is 3. The number of carbonyl (C=O) groups is 4. The number of nitrogens with two attached hydrogens (primary N) is 1. The maximum absolute atomic E-state index is 11.2. The van der Waals surface area contributed by atoms with Crippen LogP contribution in [0.1, 0.15) is 34.2 Å². The zero-order valence-corrected chi connectivity index (χ0v) is 39.5. The molecule has 2 aromatic heterocycles. The Bertz CT molecular complexity index is 1950. The van der Waals surface area contributed by atoms with Gasteiger partial charge in [0.2, 0.25) is 19.1 Å². The lowest BCUT2D eigenvalue weighted by molar-refractivity contribution is -0.110. The average Bonchev–Trinajstić information content (AvgIpc) is 3.95. The van der Waals surface area contributed by atoms with Crippen molar-refractivity contribution in [2.45, 2.75) is 38.0 Å². The van der Waals surface area contributed by atoms with E-state index in [-0.39, 0.29) is 43.3 Å². The predicted octanol–water partition coefficient (Wildman–Crippen LogP) is 7.65. The number of carbonyl (C=O) groups excluding carboxylic acids is 4. The monoisotopic (exact) mass is 1000 g/mol. The summed E-state index contributed by atoms with van der Waals surface area (Å²) in [6.07, 6.45) is 2.26. The highest BCUT2D eigenvalue weighted by molar-refractivity contribution is 8.87. The Morgan fingerprint density at radius 2 is 1.56 bits per heavy atom. The first-order valence-corrected chi connectivity index (χ1v) is 27.4. The van der Waals surface area contributed by atoms with Crippen molar-refractivity contribution in [3.05, 3.63) is 53.5 Å². The maximum atomic E-state index is 11.2. The molecular weight excluding hydrogens is 965 g/mol. The summed E-state index contributed by atoms with van der Waals surface area (Å²) in [7, 11) is 14.1. The Morgan fingerprint density at radius 3 is 1.89 bits per heavy atom. The number of thiocarbonyl (C=S) groups is 1. The van der Waals surface area contributed by atoms with Gasteiger partial charge in [0.1, 0.15) is 15.0 Å². The second-order valence-corrected chi connectivity index (χ2v) is 24.2. The molecule has 304 valence electrons. The van der Waals surface area contributed by atoms with Crippen LogP contribution in [0.25, 0.3) is 0 Å². The molecule has 0 spiro atoms. The topological polar surface area (TPSA) is 223 Å². The van der Waals surface area contributed by atoms with E-state index in [1.165, 1.54) is 68.5 Å². The molecule has 1 fully saturated rings. The van der Waals surface area contributed by atoms with Gasteiger partial charge >= 0.3 is 4.87 Å². The SMILES string of the molecule is C.CN(C)C=NC1=NC(=S)CS1.CNC(=O)SSC(=O)NC.Cc1nc(=O)ss1.Cc1nc(=S)ss1.NC1CC(=O)SS1.O=C1SS(=O)(=O)c2ccccc21. The molecule has 1 atom stereocenters. The number of aliphatic imine (C=N–C) groups is 2. The van der Waals surface area contributed by atoms with Crippen molar-refractivity contribution < 1.29 is 27.6 Å². The number of nitrogens with one attached hydrogen (secondary N) is 2. The third kappa shape index (κ3) is 24.3. The van der Waals surface area contributed by atoms with Crippen LogP contribution in [0.3, 0.4) is 0 Å². The van der Waals surface area contributed by atoms with Crippen LogP contribution < -0.4 is 21.2 Å². The number of thioether (sulfide) groups is 1. The summed E-state index contributed by atoms with van der Waals surface area (Å²) in [6, 6.07) is 6.23. The molecule has 4 N–H and O–H groups in total. The molecule has 6 rings (SSSR count). The number of aromatic nitrogens is 2. The number of hydrogen-bond acceptors (Lipinski definition) is 23. The summed E-state index contributed by atoms with van der Waals surface area (Å²) in [5.41, 5.74) is 5.64. The summed E-state index contributed by atoms with van der Waals surface area (Å²) < 4.78 is 23.2. The molecule has 5 heterocycles. The van der Waals surface area contributed by atoms with Crippen LogP contribution in [0, 0.1) is 17.8 Å². The molecule has 1 saturated heterocycles. The molecule has 0 radical (unpaired) electrons. The van der Waals surface area contributed by atoms with Gasteiger partial charge in [0.25, 0.3) is 10.5 Å². The first-order chi connectivity index (χ1) is 25.4. The van der Waals surface area contributed by atoms with Crippen molar-refractivity contribution in [2.24, 2.45) is 15.7 Å². The van der Waals surface area contributed by atoms with E-state index in [2.05, 4.69) is 30.6 Å². The van der Waals surface area contributed by atoms with Crippen LogP contribution in [0.2, 0.25) is 0 Å².